The minimum Gasteiger partial charge on any atom is -0.463 e. The number of hydrogen-bond acceptors (Lipinski definition) is 4. The van der Waals surface area contributed by atoms with Crippen LogP contribution in [0.1, 0.15) is 22.2 Å². The van der Waals surface area contributed by atoms with Crippen LogP contribution in [0.25, 0.3) is 11.5 Å². The second kappa shape index (κ2) is 6.63. The van der Waals surface area contributed by atoms with E-state index in [1.807, 2.05) is 0 Å². The number of benzene rings is 1. The number of H-pyrrole nitrogens is 1. The van der Waals surface area contributed by atoms with Crippen molar-refractivity contribution in [2.45, 2.75) is 6.10 Å². The average Bonchev–Trinajstić information content (AvgIpc) is 3.23. The van der Waals surface area contributed by atoms with Crippen molar-refractivity contribution in [3.8, 4) is 11.5 Å². The van der Waals surface area contributed by atoms with Crippen LogP contribution in [0.5, 0.6) is 0 Å². The molecule has 1 unspecified atom stereocenters. The van der Waals surface area contributed by atoms with Crippen LogP contribution in [0, 0.1) is 11.6 Å². The highest BCUT2D eigenvalue weighted by molar-refractivity contribution is 5.93. The molecule has 0 spiro atoms. The summed E-state index contributed by atoms with van der Waals surface area (Å²) in [5.74, 6) is -1.84. The Bertz CT molecular complexity index is 826. The number of nitrogens with zero attached hydrogens (tertiary/aromatic N) is 1. The molecule has 1 amide bonds. The number of hydrogen-bond donors (Lipinski definition) is 3. The lowest BCUT2D eigenvalue weighted by Crippen LogP contribution is -2.29. The van der Waals surface area contributed by atoms with Gasteiger partial charge in [-0.25, -0.2) is 8.78 Å². The lowest BCUT2D eigenvalue weighted by molar-refractivity contribution is 0.0906. The third-order valence-corrected chi connectivity index (χ3v) is 3.39. The summed E-state index contributed by atoms with van der Waals surface area (Å²) in [5.41, 5.74) is 0.0737. The highest BCUT2D eigenvalue weighted by atomic mass is 19.1. The predicted octanol–water partition coefficient (Wildman–Crippen LogP) is 2.41. The van der Waals surface area contributed by atoms with E-state index < -0.39 is 29.2 Å². The van der Waals surface area contributed by atoms with E-state index in [-0.39, 0.29) is 12.2 Å². The van der Waals surface area contributed by atoms with E-state index in [2.05, 4.69) is 15.5 Å². The van der Waals surface area contributed by atoms with Crippen LogP contribution >= 0.6 is 0 Å². The van der Waals surface area contributed by atoms with Gasteiger partial charge in [-0.1, -0.05) is 6.07 Å². The normalized spacial score (nSPS) is 12.1. The van der Waals surface area contributed by atoms with Gasteiger partial charge >= 0.3 is 0 Å². The summed E-state index contributed by atoms with van der Waals surface area (Å²) in [7, 11) is 0. The first-order valence-corrected chi connectivity index (χ1v) is 7.05. The van der Waals surface area contributed by atoms with Gasteiger partial charge in [-0.2, -0.15) is 5.10 Å². The number of rotatable bonds is 5. The molecule has 1 aromatic carbocycles. The molecule has 8 heteroatoms. The fraction of sp³-hybridized carbons (Fsp3) is 0.125. The van der Waals surface area contributed by atoms with E-state index in [0.717, 1.165) is 12.1 Å². The monoisotopic (exact) mass is 333 g/mol. The van der Waals surface area contributed by atoms with Gasteiger partial charge in [0.1, 0.15) is 23.4 Å². The minimum atomic E-state index is -1.52. The van der Waals surface area contributed by atoms with E-state index in [1.165, 1.54) is 18.4 Å². The molecular weight excluding hydrogens is 320 g/mol. The van der Waals surface area contributed by atoms with Gasteiger partial charge < -0.3 is 14.8 Å². The lowest BCUT2D eigenvalue weighted by atomic mass is 10.1. The molecule has 6 nitrogen and oxygen atoms in total. The van der Waals surface area contributed by atoms with Crippen molar-refractivity contribution in [3.63, 3.8) is 0 Å². The number of carbonyl (C=O) groups is 1. The smallest absolute Gasteiger partial charge is 0.271 e. The molecule has 0 saturated carbocycles. The molecule has 0 aliphatic rings. The molecule has 3 aromatic rings. The Kier molecular flexibility index (Phi) is 4.39. The molecule has 0 aliphatic heterocycles. The summed E-state index contributed by atoms with van der Waals surface area (Å²) in [6, 6.07) is 8.11. The summed E-state index contributed by atoms with van der Waals surface area (Å²) in [6.07, 6.45) is -0.0338. The second-order valence-electron chi connectivity index (χ2n) is 5.01. The first-order chi connectivity index (χ1) is 11.6. The number of aliphatic hydroxyl groups is 1. The van der Waals surface area contributed by atoms with Crippen molar-refractivity contribution in [2.75, 3.05) is 6.54 Å². The average molecular weight is 333 g/mol. The molecule has 124 valence electrons. The Labute approximate surface area is 135 Å². The highest BCUT2D eigenvalue weighted by Crippen LogP contribution is 2.20. The molecule has 24 heavy (non-hydrogen) atoms. The molecule has 0 radical (unpaired) electrons. The summed E-state index contributed by atoms with van der Waals surface area (Å²) < 4.78 is 32.3. The number of aliphatic hydroxyl groups excluding tert-OH is 1. The number of amides is 1. The van der Waals surface area contributed by atoms with Crippen molar-refractivity contribution >= 4 is 5.91 Å². The van der Waals surface area contributed by atoms with Crippen molar-refractivity contribution in [1.29, 1.82) is 0 Å². The van der Waals surface area contributed by atoms with Gasteiger partial charge in [0.2, 0.25) is 0 Å². The SMILES string of the molecule is O=C(NCC(O)c1c(F)cccc1F)c1cc(-c2ccco2)[nH]n1. The number of halogens is 2. The van der Waals surface area contributed by atoms with E-state index in [1.54, 1.807) is 12.1 Å². The fourth-order valence-electron chi connectivity index (χ4n) is 2.21. The van der Waals surface area contributed by atoms with Crippen molar-refractivity contribution < 1.29 is 23.1 Å². The maximum Gasteiger partial charge on any atom is 0.271 e. The quantitative estimate of drug-likeness (QED) is 0.669. The van der Waals surface area contributed by atoms with E-state index in [0.29, 0.717) is 11.5 Å². The van der Waals surface area contributed by atoms with Crippen molar-refractivity contribution in [1.82, 2.24) is 15.5 Å². The maximum atomic E-state index is 13.6. The molecular formula is C16H13F2N3O3. The molecule has 2 heterocycles. The third kappa shape index (κ3) is 3.18. The largest absolute Gasteiger partial charge is 0.463 e. The summed E-state index contributed by atoms with van der Waals surface area (Å²) in [6.45, 7) is -0.361. The van der Waals surface area contributed by atoms with Gasteiger partial charge in [0, 0.05) is 12.6 Å². The Hall–Kier alpha value is -3.00. The van der Waals surface area contributed by atoms with E-state index in [4.69, 9.17) is 4.42 Å². The number of aromatic amines is 1. The zero-order chi connectivity index (χ0) is 17.1. The van der Waals surface area contributed by atoms with Crippen molar-refractivity contribution in [2.24, 2.45) is 0 Å². The fourth-order valence-corrected chi connectivity index (χ4v) is 2.21. The Morgan fingerprint density at radius 3 is 2.71 bits per heavy atom. The summed E-state index contributed by atoms with van der Waals surface area (Å²) >= 11 is 0. The zero-order valence-corrected chi connectivity index (χ0v) is 12.3. The summed E-state index contributed by atoms with van der Waals surface area (Å²) in [4.78, 5) is 12.0. The van der Waals surface area contributed by atoms with E-state index in [9.17, 15) is 18.7 Å². The van der Waals surface area contributed by atoms with E-state index >= 15 is 0 Å². The number of carbonyl (C=O) groups excluding carboxylic acids is 1. The van der Waals surface area contributed by atoms with Crippen LogP contribution in [0.2, 0.25) is 0 Å². The maximum absolute atomic E-state index is 13.6. The number of aromatic nitrogens is 2. The van der Waals surface area contributed by atoms with Gasteiger partial charge in [0.05, 0.1) is 11.8 Å². The Balaban J connectivity index is 1.65. The topological polar surface area (TPSA) is 91.1 Å². The predicted molar refractivity (Wildman–Crippen MR) is 79.9 cm³/mol. The molecule has 0 aliphatic carbocycles. The number of nitrogens with one attached hydrogen (secondary N) is 2. The Morgan fingerprint density at radius 2 is 2.04 bits per heavy atom. The molecule has 3 rings (SSSR count). The molecule has 0 bridgehead atoms. The lowest BCUT2D eigenvalue weighted by Gasteiger charge is -2.13. The Morgan fingerprint density at radius 1 is 1.29 bits per heavy atom. The standard InChI is InChI=1S/C16H13F2N3O3/c17-9-3-1-4-10(18)15(9)13(22)8-19-16(23)12-7-11(20-21-12)14-5-2-6-24-14/h1-7,13,22H,8H2,(H,19,23)(H,20,21). The van der Waals surface area contributed by atoms with Gasteiger partial charge in [-0.15, -0.1) is 0 Å². The molecule has 0 fully saturated rings. The second-order valence-corrected chi connectivity index (χ2v) is 5.01. The molecule has 1 atom stereocenters. The van der Waals surface area contributed by atoms with Crippen LogP contribution in [0.3, 0.4) is 0 Å². The van der Waals surface area contributed by atoms with Crippen LogP contribution < -0.4 is 5.32 Å². The van der Waals surface area contributed by atoms with Crippen LogP contribution in [0.4, 0.5) is 8.78 Å². The molecule has 3 N–H and O–H groups in total. The number of furan rings is 1. The minimum absolute atomic E-state index is 0.0580. The first kappa shape index (κ1) is 15.9. The zero-order valence-electron chi connectivity index (χ0n) is 12.3. The van der Waals surface area contributed by atoms with Gasteiger partial charge in [0.25, 0.3) is 5.91 Å². The summed E-state index contributed by atoms with van der Waals surface area (Å²) in [5, 5.41) is 18.7. The van der Waals surface area contributed by atoms with Crippen LogP contribution in [-0.4, -0.2) is 27.8 Å². The van der Waals surface area contributed by atoms with Crippen LogP contribution in [0.15, 0.2) is 47.1 Å². The van der Waals surface area contributed by atoms with Gasteiger partial charge in [-0.3, -0.25) is 9.89 Å². The molecule has 0 saturated heterocycles. The third-order valence-electron chi connectivity index (χ3n) is 3.39. The molecule has 2 aromatic heterocycles. The van der Waals surface area contributed by atoms with Crippen LogP contribution in [-0.2, 0) is 0 Å². The highest BCUT2D eigenvalue weighted by Gasteiger charge is 2.19. The van der Waals surface area contributed by atoms with Gasteiger partial charge in [-0.05, 0) is 24.3 Å². The first-order valence-electron chi connectivity index (χ1n) is 7.05. The van der Waals surface area contributed by atoms with Crippen molar-refractivity contribution in [3.05, 3.63) is 65.6 Å². The van der Waals surface area contributed by atoms with Gasteiger partial charge in [0.15, 0.2) is 11.5 Å².